The van der Waals surface area contributed by atoms with E-state index in [1.807, 2.05) is 0 Å². The second kappa shape index (κ2) is 1.89. The largest absolute Gasteiger partial charge is 0.289 e. The summed E-state index contributed by atoms with van der Waals surface area (Å²) >= 11 is 0. The number of rotatable bonds is 0. The highest BCUT2D eigenvalue weighted by molar-refractivity contribution is 5.52. The van der Waals surface area contributed by atoms with Gasteiger partial charge in [-0.2, -0.15) is 0 Å². The van der Waals surface area contributed by atoms with E-state index in [1.165, 1.54) is 12.8 Å². The third kappa shape index (κ3) is 0.859. The molecule has 0 N–H and O–H groups in total. The highest BCUT2D eigenvalue weighted by Gasteiger charge is 2.17. The summed E-state index contributed by atoms with van der Waals surface area (Å²) in [5.74, 6) is 3.71. The molecule has 2 nitrogen and oxygen atoms in total. The fourth-order valence-corrected chi connectivity index (χ4v) is 1.37. The minimum absolute atomic E-state index is 0.771. The van der Waals surface area contributed by atoms with Gasteiger partial charge >= 0.3 is 0 Å². The van der Waals surface area contributed by atoms with Gasteiger partial charge in [-0.15, -0.1) is 5.10 Å². The van der Waals surface area contributed by atoms with E-state index in [0.29, 0.717) is 0 Å². The molecule has 2 bridgehead atoms. The van der Waals surface area contributed by atoms with Crippen LogP contribution in [0.15, 0.2) is 11.2 Å². The SMILES string of the molecule is C1=CC2CCN(CC2)N=1. The molecule has 0 aliphatic carbocycles. The zero-order chi connectivity index (χ0) is 6.10. The molecule has 2 heteroatoms. The summed E-state index contributed by atoms with van der Waals surface area (Å²) in [7, 11) is 0. The van der Waals surface area contributed by atoms with Crippen molar-refractivity contribution in [2.45, 2.75) is 12.8 Å². The normalized spacial score (nSPS) is 25.1. The molecule has 1 fully saturated rings. The predicted octanol–water partition coefficient (Wildman–Crippen LogP) is 0.853. The van der Waals surface area contributed by atoms with E-state index in [2.05, 4.69) is 22.1 Å². The van der Waals surface area contributed by atoms with E-state index in [9.17, 15) is 0 Å². The molecule has 0 spiro atoms. The van der Waals surface area contributed by atoms with Crippen LogP contribution < -0.4 is 0 Å². The van der Waals surface area contributed by atoms with Crippen LogP contribution in [0.3, 0.4) is 0 Å². The monoisotopic (exact) mass is 122 g/mol. The second-order valence-corrected chi connectivity index (χ2v) is 2.69. The number of hydrazone groups is 1. The first-order valence-corrected chi connectivity index (χ1v) is 3.49. The maximum Gasteiger partial charge on any atom is 0.0373 e. The average Bonchev–Trinajstić information content (AvgIpc) is 2.21. The minimum atomic E-state index is 0.771. The summed E-state index contributed by atoms with van der Waals surface area (Å²) in [5, 5.41) is 6.21. The van der Waals surface area contributed by atoms with Crippen molar-refractivity contribution < 1.29 is 0 Å². The Bertz CT molecular complexity index is 144. The van der Waals surface area contributed by atoms with E-state index in [0.717, 1.165) is 19.0 Å². The standard InChI is InChI=1S/C7H10N2/c1-4-8-9-5-2-7(1)3-6-9/h1,7H,2-3,5-6H2. The first-order valence-electron chi connectivity index (χ1n) is 3.49. The number of hydrogen-bond donors (Lipinski definition) is 0. The molecule has 0 atom stereocenters. The van der Waals surface area contributed by atoms with Crippen LogP contribution in [0, 0.1) is 5.92 Å². The van der Waals surface area contributed by atoms with Crippen LogP contribution in [0.4, 0.5) is 0 Å². The molecule has 0 aromatic rings. The molecule has 3 heterocycles. The zero-order valence-corrected chi connectivity index (χ0v) is 5.38. The number of hydrogen-bond acceptors (Lipinski definition) is 2. The lowest BCUT2D eigenvalue weighted by Gasteiger charge is -2.24. The summed E-state index contributed by atoms with van der Waals surface area (Å²) in [6.07, 6.45) is 4.65. The fraction of sp³-hybridized carbons (Fsp3) is 0.714. The fourth-order valence-electron chi connectivity index (χ4n) is 1.37. The maximum absolute atomic E-state index is 4.11. The summed E-state index contributed by atoms with van der Waals surface area (Å²) in [4.78, 5) is 0. The Kier molecular flexibility index (Phi) is 1.06. The van der Waals surface area contributed by atoms with E-state index in [-0.39, 0.29) is 0 Å². The van der Waals surface area contributed by atoms with Gasteiger partial charge in [-0.3, -0.25) is 5.01 Å². The van der Waals surface area contributed by atoms with Crippen molar-refractivity contribution in [3.05, 3.63) is 6.08 Å². The third-order valence-electron chi connectivity index (χ3n) is 2.03. The Labute approximate surface area is 54.9 Å². The Balaban J connectivity index is 2.24. The Morgan fingerprint density at radius 1 is 1.44 bits per heavy atom. The van der Waals surface area contributed by atoms with Gasteiger partial charge in [0.1, 0.15) is 0 Å². The maximum atomic E-state index is 4.11. The molecular formula is C7H10N2. The van der Waals surface area contributed by atoms with Gasteiger partial charge in [0, 0.05) is 19.0 Å². The first-order chi connectivity index (χ1) is 4.45. The molecule has 1 saturated heterocycles. The third-order valence-corrected chi connectivity index (χ3v) is 2.03. The molecule has 0 aromatic heterocycles. The van der Waals surface area contributed by atoms with E-state index >= 15 is 0 Å². The smallest absolute Gasteiger partial charge is 0.0373 e. The number of allylic oxidation sites excluding steroid dienone is 1. The molecule has 0 amide bonds. The Morgan fingerprint density at radius 3 is 3.00 bits per heavy atom. The van der Waals surface area contributed by atoms with Crippen molar-refractivity contribution in [3.8, 4) is 0 Å². The average molecular weight is 122 g/mol. The van der Waals surface area contributed by atoms with E-state index in [4.69, 9.17) is 0 Å². The van der Waals surface area contributed by atoms with Crippen LogP contribution in [0.5, 0.6) is 0 Å². The quantitative estimate of drug-likeness (QED) is 0.465. The first kappa shape index (κ1) is 5.07. The lowest BCUT2D eigenvalue weighted by atomic mass is 9.99. The van der Waals surface area contributed by atoms with Gasteiger partial charge in [0.15, 0.2) is 0 Å². The summed E-state index contributed by atoms with van der Waals surface area (Å²) in [6.45, 7) is 2.27. The van der Waals surface area contributed by atoms with Crippen molar-refractivity contribution in [3.63, 3.8) is 0 Å². The van der Waals surface area contributed by atoms with Crippen molar-refractivity contribution in [1.82, 2.24) is 5.01 Å². The zero-order valence-electron chi connectivity index (χ0n) is 5.38. The molecule has 0 saturated carbocycles. The van der Waals surface area contributed by atoms with Gasteiger partial charge in [0.2, 0.25) is 0 Å². The Hall–Kier alpha value is -0.750. The number of fused-ring (bicyclic) bond motifs is 2. The molecule has 3 aliphatic rings. The lowest BCUT2D eigenvalue weighted by molar-refractivity contribution is 0.219. The van der Waals surface area contributed by atoms with Crippen LogP contribution in [0.2, 0.25) is 0 Å². The van der Waals surface area contributed by atoms with Crippen molar-refractivity contribution in [2.24, 2.45) is 11.0 Å². The summed E-state index contributed by atoms with van der Waals surface area (Å²) in [6, 6.07) is 0. The number of piperidine rings is 1. The molecule has 48 valence electrons. The van der Waals surface area contributed by atoms with Crippen LogP contribution in [0.25, 0.3) is 0 Å². The van der Waals surface area contributed by atoms with Crippen LogP contribution in [0.1, 0.15) is 12.8 Å². The summed E-state index contributed by atoms with van der Waals surface area (Å²) in [5.41, 5.74) is 0. The van der Waals surface area contributed by atoms with Gasteiger partial charge in [-0.05, 0) is 24.8 Å². The van der Waals surface area contributed by atoms with Crippen LogP contribution >= 0.6 is 0 Å². The summed E-state index contributed by atoms with van der Waals surface area (Å²) < 4.78 is 0. The molecular weight excluding hydrogens is 112 g/mol. The van der Waals surface area contributed by atoms with Crippen molar-refractivity contribution >= 4 is 5.87 Å². The molecule has 0 aromatic carbocycles. The van der Waals surface area contributed by atoms with Crippen LogP contribution in [-0.4, -0.2) is 24.0 Å². The number of nitrogens with zero attached hydrogens (tertiary/aromatic N) is 2. The lowest BCUT2D eigenvalue weighted by Crippen LogP contribution is -2.26. The van der Waals surface area contributed by atoms with Gasteiger partial charge < -0.3 is 0 Å². The Morgan fingerprint density at radius 2 is 2.22 bits per heavy atom. The molecule has 0 unspecified atom stereocenters. The van der Waals surface area contributed by atoms with E-state index in [1.54, 1.807) is 0 Å². The van der Waals surface area contributed by atoms with Crippen LogP contribution in [-0.2, 0) is 0 Å². The van der Waals surface area contributed by atoms with Crippen molar-refractivity contribution in [2.75, 3.05) is 13.1 Å². The minimum Gasteiger partial charge on any atom is -0.289 e. The topological polar surface area (TPSA) is 15.6 Å². The molecule has 3 aliphatic heterocycles. The highest BCUT2D eigenvalue weighted by atomic mass is 15.4. The van der Waals surface area contributed by atoms with Crippen molar-refractivity contribution in [1.29, 1.82) is 0 Å². The predicted molar refractivity (Wildman–Crippen MR) is 36.3 cm³/mol. The van der Waals surface area contributed by atoms with Gasteiger partial charge in [0.05, 0.1) is 0 Å². The molecule has 9 heavy (non-hydrogen) atoms. The van der Waals surface area contributed by atoms with Gasteiger partial charge in [-0.25, -0.2) is 0 Å². The van der Waals surface area contributed by atoms with Gasteiger partial charge in [0.25, 0.3) is 0 Å². The van der Waals surface area contributed by atoms with E-state index < -0.39 is 0 Å². The molecule has 3 rings (SSSR count). The highest BCUT2D eigenvalue weighted by Crippen LogP contribution is 2.19. The van der Waals surface area contributed by atoms with Gasteiger partial charge in [-0.1, -0.05) is 0 Å². The molecule has 0 radical (unpaired) electrons. The second-order valence-electron chi connectivity index (χ2n) is 2.69.